The van der Waals surface area contributed by atoms with Gasteiger partial charge in [0.2, 0.25) is 5.91 Å². The van der Waals surface area contributed by atoms with Gasteiger partial charge < -0.3 is 14.2 Å². The highest BCUT2D eigenvalue weighted by atomic mass is 32.2. The number of amides is 1. The van der Waals surface area contributed by atoms with Gasteiger partial charge in [-0.05, 0) is 60.9 Å². The number of methoxy groups -OCH3 is 1. The largest absolute Gasteiger partial charge is 0.497 e. The highest BCUT2D eigenvalue weighted by Gasteiger charge is 2.30. The molecule has 1 aliphatic carbocycles. The lowest BCUT2D eigenvalue weighted by atomic mass is 10.0. The summed E-state index contributed by atoms with van der Waals surface area (Å²) in [5.74, 6) is 2.34. The molecule has 156 valence electrons. The number of hydrogen-bond acceptors (Lipinski definition) is 6. The number of anilines is 1. The van der Waals surface area contributed by atoms with Crippen molar-refractivity contribution in [1.29, 1.82) is 0 Å². The molecule has 1 amide bonds. The van der Waals surface area contributed by atoms with E-state index in [1.54, 1.807) is 18.4 Å². The molecular formula is C22H24N4O2S2. The number of nitrogens with zero attached hydrogens (tertiary/aromatic N) is 4. The minimum Gasteiger partial charge on any atom is -0.497 e. The zero-order valence-electron chi connectivity index (χ0n) is 16.9. The predicted octanol–water partition coefficient (Wildman–Crippen LogP) is 4.35. The molecular weight excluding hydrogens is 416 g/mol. The van der Waals surface area contributed by atoms with E-state index >= 15 is 0 Å². The van der Waals surface area contributed by atoms with E-state index in [4.69, 9.17) is 4.74 Å². The van der Waals surface area contributed by atoms with E-state index in [0.29, 0.717) is 11.8 Å². The first-order valence-corrected chi connectivity index (χ1v) is 12.2. The lowest BCUT2D eigenvalue weighted by Gasteiger charge is -2.29. The molecule has 1 aliphatic heterocycles. The highest BCUT2D eigenvalue weighted by Crippen LogP contribution is 2.39. The highest BCUT2D eigenvalue weighted by molar-refractivity contribution is 7.99. The van der Waals surface area contributed by atoms with Crippen LogP contribution in [0.25, 0.3) is 0 Å². The van der Waals surface area contributed by atoms with E-state index in [2.05, 4.69) is 32.3 Å². The second-order valence-corrected chi connectivity index (χ2v) is 9.66. The molecule has 3 heterocycles. The molecule has 30 heavy (non-hydrogen) atoms. The molecule has 6 nitrogen and oxygen atoms in total. The smallest absolute Gasteiger partial charge is 0.237 e. The molecule has 1 saturated carbocycles. The monoisotopic (exact) mass is 440 g/mol. The first-order chi connectivity index (χ1) is 14.7. The van der Waals surface area contributed by atoms with E-state index < -0.39 is 0 Å². The van der Waals surface area contributed by atoms with Crippen molar-refractivity contribution in [3.05, 3.63) is 52.0 Å². The van der Waals surface area contributed by atoms with Crippen molar-refractivity contribution < 1.29 is 9.53 Å². The standard InChI is InChI=1S/C22H24N4O2S2/c1-28-17-8-9-19-15(12-17)4-2-10-25(19)21(27)14-30-22-24-23-20(26(22)16-6-7-16)13-18-5-3-11-29-18/h3,5,8-9,11-12,16H,2,4,6-7,10,13-14H2,1H3. The summed E-state index contributed by atoms with van der Waals surface area (Å²) < 4.78 is 7.59. The van der Waals surface area contributed by atoms with Crippen molar-refractivity contribution in [2.75, 3.05) is 24.3 Å². The minimum absolute atomic E-state index is 0.122. The predicted molar refractivity (Wildman–Crippen MR) is 120 cm³/mol. The molecule has 0 N–H and O–H groups in total. The van der Waals surface area contributed by atoms with Gasteiger partial charge in [0.05, 0.1) is 12.9 Å². The molecule has 1 fully saturated rings. The Morgan fingerprint density at radius 3 is 2.97 bits per heavy atom. The summed E-state index contributed by atoms with van der Waals surface area (Å²) in [6.07, 6.45) is 5.08. The van der Waals surface area contributed by atoms with Crippen LogP contribution in [0.2, 0.25) is 0 Å². The number of aryl methyl sites for hydroxylation is 1. The van der Waals surface area contributed by atoms with Gasteiger partial charge in [-0.2, -0.15) is 0 Å². The Bertz CT molecular complexity index is 1040. The molecule has 0 radical (unpaired) electrons. The SMILES string of the molecule is COc1ccc2c(c1)CCCN2C(=O)CSc1nnc(Cc2cccs2)n1C1CC1. The van der Waals surface area contributed by atoms with Crippen LogP contribution >= 0.6 is 23.1 Å². The Morgan fingerprint density at radius 2 is 2.20 bits per heavy atom. The number of fused-ring (bicyclic) bond motifs is 1. The molecule has 0 unspecified atom stereocenters. The van der Waals surface area contributed by atoms with Crippen molar-refractivity contribution in [2.24, 2.45) is 0 Å². The van der Waals surface area contributed by atoms with E-state index in [1.165, 1.54) is 35.0 Å². The van der Waals surface area contributed by atoms with Gasteiger partial charge in [0.25, 0.3) is 0 Å². The van der Waals surface area contributed by atoms with Crippen LogP contribution < -0.4 is 9.64 Å². The summed E-state index contributed by atoms with van der Waals surface area (Å²) in [7, 11) is 1.67. The van der Waals surface area contributed by atoms with Crippen molar-refractivity contribution >= 4 is 34.7 Å². The first-order valence-electron chi connectivity index (χ1n) is 10.3. The van der Waals surface area contributed by atoms with E-state index in [1.807, 2.05) is 23.1 Å². The third-order valence-electron chi connectivity index (χ3n) is 5.59. The molecule has 2 aliphatic rings. The Hall–Kier alpha value is -2.32. The van der Waals surface area contributed by atoms with Crippen LogP contribution in [0.15, 0.2) is 40.9 Å². The Labute approximate surface area is 184 Å². The number of hydrogen-bond donors (Lipinski definition) is 0. The van der Waals surface area contributed by atoms with Crippen molar-refractivity contribution in [2.45, 2.75) is 43.3 Å². The summed E-state index contributed by atoms with van der Waals surface area (Å²) in [4.78, 5) is 16.3. The molecule has 0 saturated heterocycles. The topological polar surface area (TPSA) is 60.2 Å². The second-order valence-electron chi connectivity index (χ2n) is 7.69. The second kappa shape index (κ2) is 8.43. The first kappa shape index (κ1) is 19.6. The zero-order chi connectivity index (χ0) is 20.5. The fourth-order valence-electron chi connectivity index (χ4n) is 3.96. The number of ether oxygens (including phenoxy) is 1. The van der Waals surface area contributed by atoms with Gasteiger partial charge in [-0.25, -0.2) is 0 Å². The van der Waals surface area contributed by atoms with Crippen LogP contribution in [-0.4, -0.2) is 40.1 Å². The maximum atomic E-state index is 13.1. The van der Waals surface area contributed by atoms with E-state index in [0.717, 1.165) is 48.2 Å². The summed E-state index contributed by atoms with van der Waals surface area (Å²) in [6.45, 7) is 0.762. The molecule has 5 rings (SSSR count). The molecule has 0 atom stereocenters. The summed E-state index contributed by atoms with van der Waals surface area (Å²) >= 11 is 3.25. The van der Waals surface area contributed by atoms with Gasteiger partial charge in [-0.15, -0.1) is 21.5 Å². The number of benzene rings is 1. The molecule has 2 aromatic heterocycles. The number of thioether (sulfide) groups is 1. The minimum atomic E-state index is 0.122. The maximum Gasteiger partial charge on any atom is 0.237 e. The number of carbonyl (C=O) groups is 1. The third kappa shape index (κ3) is 3.98. The zero-order valence-corrected chi connectivity index (χ0v) is 18.5. The summed E-state index contributed by atoms with van der Waals surface area (Å²) in [5, 5.41) is 11.8. The molecule has 1 aromatic carbocycles. The Morgan fingerprint density at radius 1 is 1.30 bits per heavy atom. The van der Waals surface area contributed by atoms with Gasteiger partial charge in [-0.3, -0.25) is 4.79 Å². The fraction of sp³-hybridized carbons (Fsp3) is 0.409. The lowest BCUT2D eigenvalue weighted by Crippen LogP contribution is -2.36. The van der Waals surface area contributed by atoms with E-state index in [-0.39, 0.29) is 5.91 Å². The van der Waals surface area contributed by atoms with Gasteiger partial charge in [-0.1, -0.05) is 17.8 Å². The molecule has 0 bridgehead atoms. The van der Waals surface area contributed by atoms with Crippen LogP contribution in [0.1, 0.15) is 41.6 Å². The maximum absolute atomic E-state index is 13.1. The Kier molecular flexibility index (Phi) is 5.52. The van der Waals surface area contributed by atoms with Gasteiger partial charge in [0, 0.05) is 29.6 Å². The fourth-order valence-corrected chi connectivity index (χ4v) is 5.56. The van der Waals surface area contributed by atoms with Crippen LogP contribution in [0.3, 0.4) is 0 Å². The molecule has 0 spiro atoms. The van der Waals surface area contributed by atoms with Gasteiger partial charge in [0.1, 0.15) is 11.6 Å². The number of rotatable bonds is 7. The van der Waals surface area contributed by atoms with Crippen molar-refractivity contribution in [3.63, 3.8) is 0 Å². The van der Waals surface area contributed by atoms with Crippen molar-refractivity contribution in [1.82, 2.24) is 14.8 Å². The van der Waals surface area contributed by atoms with Crippen molar-refractivity contribution in [3.8, 4) is 5.75 Å². The Balaban J connectivity index is 1.30. The van der Waals surface area contributed by atoms with Crippen LogP contribution in [0.4, 0.5) is 5.69 Å². The van der Waals surface area contributed by atoms with Crippen LogP contribution in [-0.2, 0) is 17.6 Å². The van der Waals surface area contributed by atoms with Crippen LogP contribution in [0, 0.1) is 0 Å². The third-order valence-corrected chi connectivity index (χ3v) is 7.39. The lowest BCUT2D eigenvalue weighted by molar-refractivity contribution is -0.116. The van der Waals surface area contributed by atoms with Gasteiger partial charge in [0.15, 0.2) is 5.16 Å². The van der Waals surface area contributed by atoms with Crippen LogP contribution in [0.5, 0.6) is 5.75 Å². The summed E-state index contributed by atoms with van der Waals surface area (Å²) in [6, 6.07) is 10.7. The van der Waals surface area contributed by atoms with Gasteiger partial charge >= 0.3 is 0 Å². The normalized spacial score (nSPS) is 15.8. The number of thiophene rings is 1. The number of aromatic nitrogens is 3. The summed E-state index contributed by atoms with van der Waals surface area (Å²) in [5.41, 5.74) is 2.19. The number of carbonyl (C=O) groups excluding carboxylic acids is 1. The average Bonchev–Trinajstić information content (AvgIpc) is 3.33. The molecule has 8 heteroatoms. The average molecular weight is 441 g/mol. The quantitative estimate of drug-likeness (QED) is 0.511. The molecule has 3 aromatic rings. The van der Waals surface area contributed by atoms with E-state index in [9.17, 15) is 4.79 Å².